The number of hydrogen-bond donors (Lipinski definition) is 1. The van der Waals surface area contributed by atoms with Crippen LogP contribution in [0.4, 0.5) is 0 Å². The normalized spacial score (nSPS) is 25.4. The molecule has 0 aromatic heterocycles. The lowest BCUT2D eigenvalue weighted by Crippen LogP contribution is -2.42. The number of carbonyl (C=O) groups excluding carboxylic acids is 1. The first-order valence-corrected chi connectivity index (χ1v) is 8.46. The molecule has 2 fully saturated rings. The number of ether oxygens (including phenoxy) is 1. The van der Waals surface area contributed by atoms with E-state index in [1.165, 1.54) is 6.42 Å². The minimum atomic E-state index is -0.0388. The van der Waals surface area contributed by atoms with Crippen molar-refractivity contribution in [3.05, 3.63) is 34.9 Å². The average molecular weight is 323 g/mol. The van der Waals surface area contributed by atoms with Crippen molar-refractivity contribution >= 4 is 17.5 Å². The number of rotatable bonds is 4. The summed E-state index contributed by atoms with van der Waals surface area (Å²) >= 11 is 5.92. The maximum Gasteiger partial charge on any atom is 0.222 e. The van der Waals surface area contributed by atoms with Crippen LogP contribution in [0.15, 0.2) is 24.3 Å². The fourth-order valence-electron chi connectivity index (χ4n) is 3.20. The smallest absolute Gasteiger partial charge is 0.222 e. The van der Waals surface area contributed by atoms with Crippen LogP contribution in [-0.4, -0.2) is 43.6 Å². The Balaban J connectivity index is 1.53. The highest BCUT2D eigenvalue weighted by atomic mass is 35.5. The van der Waals surface area contributed by atoms with Gasteiger partial charge < -0.3 is 15.0 Å². The lowest BCUT2D eigenvalue weighted by atomic mass is 10.0. The van der Waals surface area contributed by atoms with Gasteiger partial charge in [-0.05, 0) is 49.5 Å². The third kappa shape index (κ3) is 4.00. The Kier molecular flexibility index (Phi) is 5.34. The van der Waals surface area contributed by atoms with Gasteiger partial charge in [0.05, 0.1) is 13.2 Å². The molecule has 2 aliphatic heterocycles. The van der Waals surface area contributed by atoms with Gasteiger partial charge in [-0.15, -0.1) is 0 Å². The molecule has 1 aromatic carbocycles. The van der Waals surface area contributed by atoms with Crippen LogP contribution in [0.5, 0.6) is 0 Å². The number of nitrogens with one attached hydrogen (secondary N) is 1. The van der Waals surface area contributed by atoms with E-state index in [4.69, 9.17) is 16.3 Å². The Morgan fingerprint density at radius 1 is 1.36 bits per heavy atom. The zero-order valence-corrected chi connectivity index (χ0v) is 13.5. The molecule has 1 amide bonds. The summed E-state index contributed by atoms with van der Waals surface area (Å²) < 4.78 is 5.82. The number of morpholine rings is 1. The number of benzene rings is 1. The minimum absolute atomic E-state index is 0.0388. The van der Waals surface area contributed by atoms with Gasteiger partial charge in [-0.2, -0.15) is 0 Å². The van der Waals surface area contributed by atoms with Gasteiger partial charge >= 0.3 is 0 Å². The first-order chi connectivity index (χ1) is 10.7. The first-order valence-electron chi connectivity index (χ1n) is 8.08. The Hall–Kier alpha value is -1.10. The van der Waals surface area contributed by atoms with E-state index < -0.39 is 0 Å². The van der Waals surface area contributed by atoms with Crippen LogP contribution in [0.2, 0.25) is 5.02 Å². The summed E-state index contributed by atoms with van der Waals surface area (Å²) in [5, 5.41) is 4.07. The Morgan fingerprint density at radius 2 is 2.18 bits per heavy atom. The molecule has 2 unspecified atom stereocenters. The number of halogens is 1. The van der Waals surface area contributed by atoms with E-state index in [0.29, 0.717) is 32.0 Å². The van der Waals surface area contributed by atoms with Crippen LogP contribution in [0.3, 0.4) is 0 Å². The molecule has 2 saturated heterocycles. The van der Waals surface area contributed by atoms with Crippen molar-refractivity contribution in [2.45, 2.75) is 25.4 Å². The summed E-state index contributed by atoms with van der Waals surface area (Å²) in [6.45, 7) is 4.10. The molecule has 1 N–H and O–H groups in total. The lowest BCUT2D eigenvalue weighted by Gasteiger charge is -2.33. The summed E-state index contributed by atoms with van der Waals surface area (Å²) in [4.78, 5) is 14.4. The van der Waals surface area contributed by atoms with Gasteiger partial charge in [-0.25, -0.2) is 0 Å². The van der Waals surface area contributed by atoms with Gasteiger partial charge in [0.1, 0.15) is 6.10 Å². The number of nitrogens with zero attached hydrogens (tertiary/aromatic N) is 1. The lowest BCUT2D eigenvalue weighted by molar-refractivity contribution is -0.139. The van der Waals surface area contributed by atoms with Crippen LogP contribution in [0.1, 0.15) is 30.9 Å². The summed E-state index contributed by atoms with van der Waals surface area (Å²) in [7, 11) is 0. The maximum absolute atomic E-state index is 12.4. The fourth-order valence-corrected chi connectivity index (χ4v) is 3.33. The monoisotopic (exact) mass is 322 g/mol. The van der Waals surface area contributed by atoms with Crippen molar-refractivity contribution in [1.82, 2.24) is 10.2 Å². The third-order valence-electron chi connectivity index (χ3n) is 4.59. The molecule has 2 atom stereocenters. The fraction of sp³-hybridized carbons (Fsp3) is 0.588. The summed E-state index contributed by atoms with van der Waals surface area (Å²) in [6, 6.07) is 7.69. The zero-order valence-electron chi connectivity index (χ0n) is 12.8. The van der Waals surface area contributed by atoms with E-state index in [2.05, 4.69) is 5.32 Å². The SMILES string of the molecule is O=C(CCC1CCNC1)N1CCOC(c2ccc(Cl)cc2)C1. The number of carbonyl (C=O) groups is 1. The zero-order chi connectivity index (χ0) is 15.4. The second kappa shape index (κ2) is 7.44. The molecule has 2 heterocycles. The predicted molar refractivity (Wildman–Crippen MR) is 86.9 cm³/mol. The van der Waals surface area contributed by atoms with Crippen molar-refractivity contribution in [1.29, 1.82) is 0 Å². The molecule has 5 heteroatoms. The molecule has 22 heavy (non-hydrogen) atoms. The van der Waals surface area contributed by atoms with Crippen molar-refractivity contribution in [2.24, 2.45) is 5.92 Å². The van der Waals surface area contributed by atoms with Gasteiger partial charge in [0.15, 0.2) is 0 Å². The van der Waals surface area contributed by atoms with Crippen LogP contribution >= 0.6 is 11.6 Å². The predicted octanol–water partition coefficient (Wildman–Crippen LogP) is 2.63. The standard InChI is InChI=1S/C17H23ClN2O2/c18-15-4-2-14(3-5-15)16-12-20(9-10-22-16)17(21)6-1-13-7-8-19-11-13/h2-5,13,16,19H,1,6-12H2. The van der Waals surface area contributed by atoms with Gasteiger partial charge in [0.2, 0.25) is 5.91 Å². The van der Waals surface area contributed by atoms with E-state index in [-0.39, 0.29) is 12.0 Å². The van der Waals surface area contributed by atoms with Crippen LogP contribution in [-0.2, 0) is 9.53 Å². The minimum Gasteiger partial charge on any atom is -0.370 e. The molecule has 0 saturated carbocycles. The maximum atomic E-state index is 12.4. The van der Waals surface area contributed by atoms with Crippen LogP contribution in [0.25, 0.3) is 0 Å². The summed E-state index contributed by atoms with van der Waals surface area (Å²) in [5.74, 6) is 0.922. The first kappa shape index (κ1) is 15.8. The molecular formula is C17H23ClN2O2. The molecule has 3 rings (SSSR count). The third-order valence-corrected chi connectivity index (χ3v) is 4.84. The number of hydrogen-bond acceptors (Lipinski definition) is 3. The summed E-state index contributed by atoms with van der Waals surface area (Å²) in [5.41, 5.74) is 1.09. The Morgan fingerprint density at radius 3 is 2.91 bits per heavy atom. The van der Waals surface area contributed by atoms with Crippen molar-refractivity contribution in [3.8, 4) is 0 Å². The van der Waals surface area contributed by atoms with Gasteiger partial charge in [-0.1, -0.05) is 23.7 Å². The van der Waals surface area contributed by atoms with Gasteiger partial charge in [-0.3, -0.25) is 4.79 Å². The molecule has 0 spiro atoms. The van der Waals surface area contributed by atoms with E-state index in [1.54, 1.807) is 0 Å². The summed E-state index contributed by atoms with van der Waals surface area (Å²) in [6.07, 6.45) is 2.81. The average Bonchev–Trinajstić information content (AvgIpc) is 3.07. The highest BCUT2D eigenvalue weighted by molar-refractivity contribution is 6.30. The number of amides is 1. The van der Waals surface area contributed by atoms with Crippen molar-refractivity contribution in [2.75, 3.05) is 32.8 Å². The van der Waals surface area contributed by atoms with Gasteiger partial charge in [0.25, 0.3) is 0 Å². The molecule has 0 bridgehead atoms. The second-order valence-corrected chi connectivity index (χ2v) is 6.58. The van der Waals surface area contributed by atoms with Crippen molar-refractivity contribution in [3.63, 3.8) is 0 Å². The van der Waals surface area contributed by atoms with Crippen LogP contribution < -0.4 is 5.32 Å². The largest absolute Gasteiger partial charge is 0.370 e. The molecule has 120 valence electrons. The van der Waals surface area contributed by atoms with Gasteiger partial charge in [0, 0.05) is 18.0 Å². The molecule has 4 nitrogen and oxygen atoms in total. The van der Waals surface area contributed by atoms with E-state index in [1.807, 2.05) is 29.2 Å². The topological polar surface area (TPSA) is 41.6 Å². The highest BCUT2D eigenvalue weighted by Crippen LogP contribution is 2.24. The molecule has 2 aliphatic rings. The molecular weight excluding hydrogens is 300 g/mol. The van der Waals surface area contributed by atoms with Crippen molar-refractivity contribution < 1.29 is 9.53 Å². The highest BCUT2D eigenvalue weighted by Gasteiger charge is 2.26. The van der Waals surface area contributed by atoms with E-state index >= 15 is 0 Å². The quantitative estimate of drug-likeness (QED) is 0.926. The molecule has 1 aromatic rings. The Labute approximate surface area is 136 Å². The van der Waals surface area contributed by atoms with E-state index in [9.17, 15) is 4.79 Å². The second-order valence-electron chi connectivity index (χ2n) is 6.15. The van der Waals surface area contributed by atoms with E-state index in [0.717, 1.165) is 30.1 Å². The van der Waals surface area contributed by atoms with Crippen LogP contribution in [0, 0.1) is 5.92 Å². The molecule has 0 aliphatic carbocycles. The Bertz CT molecular complexity index is 500. The molecule has 0 radical (unpaired) electrons.